The highest BCUT2D eigenvalue weighted by molar-refractivity contribution is 7.55. The summed E-state index contributed by atoms with van der Waals surface area (Å²) in [6, 6.07) is 0. The van der Waals surface area contributed by atoms with E-state index in [0.717, 1.165) is 0 Å². The molecule has 1 unspecified atom stereocenters. The molecular weight excluding hydrogens is 822 g/mol. The van der Waals surface area contributed by atoms with Crippen LogP contribution in [0.2, 0.25) is 0 Å². The predicted octanol–water partition coefficient (Wildman–Crippen LogP) is 10.9. The van der Waals surface area contributed by atoms with E-state index in [4.69, 9.17) is 0 Å². The molecule has 0 radical (unpaired) electrons. The molecule has 3 nitrogen and oxygen atoms in total. The zero-order chi connectivity index (χ0) is 40.9. The molecule has 0 aromatic carbocycles. The van der Waals surface area contributed by atoms with Crippen LogP contribution in [0.3, 0.4) is 0 Å². The molecule has 0 bridgehead atoms. The summed E-state index contributed by atoms with van der Waals surface area (Å²) in [7, 11) is -8.10. The molecule has 0 aliphatic rings. The standard InChI is InChI=1S/C16H6F29O3P/c1-3(17,18)5(20,21)7(24,25)9(28,29)11(32,33)13(36,37)15(40,41)16(42,43)14(38,39)12(34,35)10(30,31)8(26,27)6(22,23)4(2,19)49(46,47-44)48-45/h1-2H3. The largest absolute Gasteiger partial charge is 0.435 e. The van der Waals surface area contributed by atoms with Crippen molar-refractivity contribution >= 4 is 7.60 Å². The Bertz CT molecular complexity index is 1250. The van der Waals surface area contributed by atoms with Gasteiger partial charge in [0.25, 0.3) is 5.41 Å². The third-order valence-electron chi connectivity index (χ3n) is 6.16. The molecule has 0 aromatic heterocycles. The van der Waals surface area contributed by atoms with Gasteiger partial charge in [-0.2, -0.15) is 114 Å². The molecule has 0 spiro atoms. The third-order valence-corrected chi connectivity index (χ3v) is 7.83. The Morgan fingerprint density at radius 3 is 0.592 bits per heavy atom. The van der Waals surface area contributed by atoms with Crippen molar-refractivity contribution in [3.63, 3.8) is 0 Å². The smallest absolute Gasteiger partial charge is 0.251 e. The first kappa shape index (κ1) is 47.1. The zero-order valence-electron chi connectivity index (χ0n) is 21.6. The Morgan fingerprint density at radius 1 is 0.306 bits per heavy atom. The van der Waals surface area contributed by atoms with E-state index < -0.39 is 104 Å². The molecule has 296 valence electrons. The van der Waals surface area contributed by atoms with Crippen molar-refractivity contribution in [3.05, 3.63) is 0 Å². The molecule has 0 aromatic rings. The summed E-state index contributed by atoms with van der Waals surface area (Å²) in [6.07, 6.45) is 0. The van der Waals surface area contributed by atoms with Crippen LogP contribution in [0.15, 0.2) is 0 Å². The lowest BCUT2D eigenvalue weighted by atomic mass is 9.83. The van der Waals surface area contributed by atoms with Crippen LogP contribution in [0.4, 0.5) is 128 Å². The predicted molar refractivity (Wildman–Crippen MR) is 91.5 cm³/mol. The van der Waals surface area contributed by atoms with Crippen molar-refractivity contribution in [2.75, 3.05) is 0 Å². The Morgan fingerprint density at radius 2 is 0.449 bits per heavy atom. The van der Waals surface area contributed by atoms with Gasteiger partial charge in [0, 0.05) is 6.92 Å². The van der Waals surface area contributed by atoms with Crippen LogP contribution >= 0.6 is 7.60 Å². The van der Waals surface area contributed by atoms with Gasteiger partial charge in [-0.3, -0.25) is 4.57 Å². The van der Waals surface area contributed by atoms with Gasteiger partial charge in [0.15, 0.2) is 0 Å². The van der Waals surface area contributed by atoms with E-state index in [-0.39, 0.29) is 0 Å². The fraction of sp³-hybridized carbons (Fsp3) is 1.00. The Hall–Kier alpha value is -1.88. The van der Waals surface area contributed by atoms with Gasteiger partial charge < -0.3 is 0 Å². The van der Waals surface area contributed by atoms with Gasteiger partial charge in [0.2, 0.25) is 0 Å². The van der Waals surface area contributed by atoms with Crippen molar-refractivity contribution in [3.8, 4) is 0 Å². The normalized spacial score (nSPS) is 18.1. The second-order valence-electron chi connectivity index (χ2n) is 9.37. The number of rotatable bonds is 16. The van der Waals surface area contributed by atoms with Gasteiger partial charge >= 0.3 is 84.6 Å². The SMILES string of the molecule is CC(F)(F)C(F)(F)C(F)(F)C(F)(F)C(F)(F)C(F)(F)C(F)(F)C(F)(F)C(F)(F)C(F)(F)C(F)(F)C(F)(F)C(F)(F)C(C)(F)P(=O)(OF)OF. The summed E-state index contributed by atoms with van der Waals surface area (Å²) in [5, 5.41) is -6.96. The molecule has 0 rings (SSSR count). The van der Waals surface area contributed by atoms with E-state index >= 15 is 0 Å². The molecule has 0 aliphatic carbocycles. The molecule has 0 saturated carbocycles. The first-order valence-electron chi connectivity index (χ1n) is 10.4. The summed E-state index contributed by atoms with van der Waals surface area (Å²) < 4.78 is 406. The number of hydrogen-bond donors (Lipinski definition) is 0. The van der Waals surface area contributed by atoms with Crippen LogP contribution in [0.1, 0.15) is 13.8 Å². The van der Waals surface area contributed by atoms with Gasteiger partial charge in [-0.15, -0.1) is 9.46 Å². The molecule has 0 amide bonds. The van der Waals surface area contributed by atoms with Crippen LogP contribution in [-0.4, -0.2) is 82.4 Å². The summed E-state index contributed by atoms with van der Waals surface area (Å²) >= 11 is 0. The quantitative estimate of drug-likeness (QED) is 0.115. The van der Waals surface area contributed by atoms with Crippen molar-refractivity contribution in [2.45, 2.75) is 96.3 Å². The lowest BCUT2D eigenvalue weighted by Gasteiger charge is -2.46. The highest BCUT2D eigenvalue weighted by Gasteiger charge is 3.00. The molecule has 33 heteroatoms. The molecule has 0 fully saturated rings. The van der Waals surface area contributed by atoms with E-state index in [1.165, 1.54) is 9.46 Å². The molecular formula is C16H6F29O3P. The molecule has 0 heterocycles. The fourth-order valence-electron chi connectivity index (χ4n) is 2.85. The molecule has 1 atom stereocenters. The minimum Gasteiger partial charge on any atom is -0.251 e. The first-order chi connectivity index (χ1) is 20.6. The maximum atomic E-state index is 14.0. The molecule has 0 aliphatic heterocycles. The number of hydrogen-bond acceptors (Lipinski definition) is 3. The first-order valence-corrected chi connectivity index (χ1v) is 12.0. The Balaban J connectivity index is 7.67. The number of alkyl halides is 27. The maximum Gasteiger partial charge on any atom is 0.435 e. The lowest BCUT2D eigenvalue weighted by molar-refractivity contribution is -0.482. The van der Waals surface area contributed by atoms with E-state index in [1.807, 2.05) is 0 Å². The van der Waals surface area contributed by atoms with Crippen molar-refractivity contribution in [2.24, 2.45) is 0 Å². The van der Waals surface area contributed by atoms with Gasteiger partial charge in [-0.1, -0.05) is 0 Å². The third kappa shape index (κ3) is 5.30. The lowest BCUT2D eigenvalue weighted by Crippen LogP contribution is -2.79. The van der Waals surface area contributed by atoms with Gasteiger partial charge in [-0.25, -0.2) is 4.39 Å². The second-order valence-corrected chi connectivity index (χ2v) is 11.5. The van der Waals surface area contributed by atoms with Crippen molar-refractivity contribution in [1.82, 2.24) is 0 Å². The molecule has 49 heavy (non-hydrogen) atoms. The molecule has 0 saturated heterocycles. The monoisotopic (exact) mass is 828 g/mol. The Labute approximate surface area is 247 Å². The minimum absolute atomic E-state index is 1.47. The fourth-order valence-corrected chi connectivity index (χ4v) is 3.61. The summed E-state index contributed by atoms with van der Waals surface area (Å²) in [6.45, 7) is -3.37. The molecule has 0 N–H and O–H groups in total. The zero-order valence-corrected chi connectivity index (χ0v) is 22.5. The maximum absolute atomic E-state index is 14.0. The van der Waals surface area contributed by atoms with Crippen LogP contribution in [0.25, 0.3) is 0 Å². The van der Waals surface area contributed by atoms with E-state index in [0.29, 0.717) is 0 Å². The topological polar surface area (TPSA) is 35.5 Å². The van der Waals surface area contributed by atoms with Crippen LogP contribution in [0.5, 0.6) is 0 Å². The average Bonchev–Trinajstić information content (AvgIpc) is 2.90. The van der Waals surface area contributed by atoms with Gasteiger partial charge in [0.05, 0.1) is 0 Å². The van der Waals surface area contributed by atoms with Gasteiger partial charge in [0.1, 0.15) is 0 Å². The van der Waals surface area contributed by atoms with Crippen LogP contribution < -0.4 is 0 Å². The van der Waals surface area contributed by atoms with Crippen LogP contribution in [-0.2, 0) is 14.0 Å². The minimum atomic E-state index is -9.95. The van der Waals surface area contributed by atoms with E-state index in [1.54, 1.807) is 0 Å². The summed E-state index contributed by atoms with van der Waals surface area (Å²) in [5.41, 5.74) is 0. The van der Waals surface area contributed by atoms with Crippen molar-refractivity contribution < 1.29 is 142 Å². The number of halogens is 29. The summed E-state index contributed by atoms with van der Waals surface area (Å²) in [5.74, 6) is -120. The van der Waals surface area contributed by atoms with Crippen molar-refractivity contribution in [1.29, 1.82) is 0 Å². The van der Waals surface area contributed by atoms with E-state index in [9.17, 15) is 132 Å². The highest BCUT2D eigenvalue weighted by atomic mass is 31.2. The average molecular weight is 828 g/mol. The second kappa shape index (κ2) is 11.6. The Kier molecular flexibility index (Phi) is 11.1. The van der Waals surface area contributed by atoms with Gasteiger partial charge in [-0.05, 0) is 16.0 Å². The highest BCUT2D eigenvalue weighted by Crippen LogP contribution is 2.73. The van der Waals surface area contributed by atoms with Crippen LogP contribution in [0, 0.1) is 0 Å². The van der Waals surface area contributed by atoms with E-state index in [2.05, 4.69) is 0 Å². The summed E-state index contributed by atoms with van der Waals surface area (Å²) in [4.78, 5) is 0.